The molecule has 0 spiro atoms. The summed E-state index contributed by atoms with van der Waals surface area (Å²) >= 11 is 0. The van der Waals surface area contributed by atoms with Crippen molar-refractivity contribution < 1.29 is 8.42 Å². The molecule has 0 aliphatic heterocycles. The van der Waals surface area contributed by atoms with Crippen LogP contribution in [0.2, 0.25) is 0 Å². The van der Waals surface area contributed by atoms with Crippen LogP contribution in [-0.4, -0.2) is 38.7 Å². The predicted molar refractivity (Wildman–Crippen MR) is 123 cm³/mol. The molecule has 2 N–H and O–H groups in total. The fraction of sp³-hybridized carbons (Fsp3) is 0.174. The maximum atomic E-state index is 12.7. The number of imidazole rings is 1. The lowest BCUT2D eigenvalue weighted by atomic mass is 10.2. The standard InChI is InChI=1S/C23H20N6O2S/c30-32(31,13-15-4-5-15)19-3-1-2-16(10-19)22-9-7-18-12-24-23(28-29(18)22)27-17-6-8-20-21(11-17)26-14-25-20/h1-3,6-12,14-15H,4-5,13H2,(H,25,26)(H,27,28). The monoisotopic (exact) mass is 444 g/mol. The number of nitrogens with one attached hydrogen (secondary N) is 2. The van der Waals surface area contributed by atoms with Crippen molar-refractivity contribution in [1.82, 2.24) is 24.6 Å². The van der Waals surface area contributed by atoms with Crippen LogP contribution < -0.4 is 5.32 Å². The normalized spacial score (nSPS) is 14.2. The van der Waals surface area contributed by atoms with Crippen LogP contribution in [0.25, 0.3) is 27.8 Å². The minimum atomic E-state index is -3.29. The molecule has 3 aromatic heterocycles. The maximum Gasteiger partial charge on any atom is 0.245 e. The van der Waals surface area contributed by atoms with Crippen LogP contribution in [0.15, 0.2) is 72.0 Å². The second-order valence-corrected chi connectivity index (χ2v) is 10.2. The quantitative estimate of drug-likeness (QED) is 0.407. The van der Waals surface area contributed by atoms with E-state index in [1.807, 2.05) is 36.4 Å². The lowest BCUT2D eigenvalue weighted by Crippen LogP contribution is -2.08. The zero-order chi connectivity index (χ0) is 21.7. The summed E-state index contributed by atoms with van der Waals surface area (Å²) in [4.78, 5) is 12.1. The van der Waals surface area contributed by atoms with Gasteiger partial charge in [0.1, 0.15) is 0 Å². The van der Waals surface area contributed by atoms with Gasteiger partial charge in [-0.3, -0.25) is 0 Å². The molecule has 0 bridgehead atoms. The number of benzene rings is 2. The van der Waals surface area contributed by atoms with Crippen molar-refractivity contribution in [3.05, 3.63) is 67.1 Å². The number of rotatable bonds is 6. The molecule has 1 fully saturated rings. The van der Waals surface area contributed by atoms with Crippen molar-refractivity contribution in [2.75, 3.05) is 11.1 Å². The lowest BCUT2D eigenvalue weighted by Gasteiger charge is -2.09. The summed E-state index contributed by atoms with van der Waals surface area (Å²) < 4.78 is 27.3. The van der Waals surface area contributed by atoms with E-state index in [0.29, 0.717) is 16.8 Å². The number of hydrogen-bond donors (Lipinski definition) is 2. The molecule has 0 atom stereocenters. The highest BCUT2D eigenvalue weighted by molar-refractivity contribution is 7.91. The van der Waals surface area contributed by atoms with E-state index >= 15 is 0 Å². The van der Waals surface area contributed by atoms with Crippen LogP contribution in [0.5, 0.6) is 0 Å². The van der Waals surface area contributed by atoms with E-state index in [2.05, 4.69) is 25.4 Å². The number of anilines is 2. The van der Waals surface area contributed by atoms with Crippen molar-refractivity contribution in [3.8, 4) is 11.3 Å². The highest BCUT2D eigenvalue weighted by Crippen LogP contribution is 2.33. The Labute approximate surface area is 184 Å². The Hall–Kier alpha value is -3.72. The number of sulfone groups is 1. The third-order valence-electron chi connectivity index (χ3n) is 5.72. The molecular weight excluding hydrogens is 424 g/mol. The van der Waals surface area contributed by atoms with E-state index < -0.39 is 9.84 Å². The van der Waals surface area contributed by atoms with Crippen LogP contribution in [0.4, 0.5) is 11.6 Å². The van der Waals surface area contributed by atoms with Crippen molar-refractivity contribution in [1.29, 1.82) is 0 Å². The summed E-state index contributed by atoms with van der Waals surface area (Å²) in [6, 6.07) is 16.7. The molecule has 9 heteroatoms. The number of fused-ring (bicyclic) bond motifs is 2. The van der Waals surface area contributed by atoms with Crippen LogP contribution in [0, 0.1) is 5.92 Å². The van der Waals surface area contributed by atoms with Gasteiger partial charge in [0.15, 0.2) is 9.84 Å². The Bertz CT molecular complexity index is 1570. The molecule has 32 heavy (non-hydrogen) atoms. The summed E-state index contributed by atoms with van der Waals surface area (Å²) in [6.45, 7) is 0. The fourth-order valence-corrected chi connectivity index (χ4v) is 5.60. The molecule has 2 aromatic carbocycles. The summed E-state index contributed by atoms with van der Waals surface area (Å²) in [6.07, 6.45) is 5.40. The number of hydrogen-bond acceptors (Lipinski definition) is 6. The molecule has 1 saturated carbocycles. The summed E-state index contributed by atoms with van der Waals surface area (Å²) in [5, 5.41) is 7.87. The van der Waals surface area contributed by atoms with Gasteiger partial charge >= 0.3 is 0 Å². The maximum absolute atomic E-state index is 12.7. The van der Waals surface area contributed by atoms with Crippen molar-refractivity contribution in [3.63, 3.8) is 0 Å². The van der Waals surface area contributed by atoms with Gasteiger partial charge in [0.25, 0.3) is 0 Å². The van der Waals surface area contributed by atoms with E-state index in [1.54, 1.807) is 35.2 Å². The minimum absolute atomic E-state index is 0.224. The van der Waals surface area contributed by atoms with Gasteiger partial charge in [0.2, 0.25) is 5.95 Å². The first kappa shape index (κ1) is 19.0. The minimum Gasteiger partial charge on any atom is -0.345 e. The molecule has 0 saturated heterocycles. The van der Waals surface area contributed by atoms with Gasteiger partial charge in [0, 0.05) is 11.3 Å². The highest BCUT2D eigenvalue weighted by atomic mass is 32.2. The topological polar surface area (TPSA) is 105 Å². The van der Waals surface area contributed by atoms with E-state index in [0.717, 1.165) is 46.3 Å². The third-order valence-corrected chi connectivity index (χ3v) is 7.60. The fourth-order valence-electron chi connectivity index (χ4n) is 3.86. The van der Waals surface area contributed by atoms with Crippen molar-refractivity contribution in [2.45, 2.75) is 17.7 Å². The summed E-state index contributed by atoms with van der Waals surface area (Å²) in [5.74, 6) is 0.967. The SMILES string of the molecule is O=S(=O)(CC1CC1)c1cccc(-c2ccc3cnc(Nc4ccc5nc[nH]c5c4)nn23)c1. The van der Waals surface area contributed by atoms with E-state index in [4.69, 9.17) is 0 Å². The molecule has 3 heterocycles. The molecule has 8 nitrogen and oxygen atoms in total. The Kier molecular flexibility index (Phi) is 4.25. The first-order chi connectivity index (χ1) is 15.5. The molecule has 6 rings (SSSR count). The number of aromatic nitrogens is 5. The molecule has 160 valence electrons. The van der Waals surface area contributed by atoms with Crippen molar-refractivity contribution in [2.24, 2.45) is 5.92 Å². The van der Waals surface area contributed by atoms with Gasteiger partial charge in [-0.25, -0.2) is 22.9 Å². The van der Waals surface area contributed by atoms with Crippen LogP contribution in [0.3, 0.4) is 0 Å². The molecule has 0 radical (unpaired) electrons. The van der Waals surface area contributed by atoms with E-state index in [-0.39, 0.29) is 5.75 Å². The second-order valence-electron chi connectivity index (χ2n) is 8.15. The third kappa shape index (κ3) is 3.50. The van der Waals surface area contributed by atoms with E-state index in [1.165, 1.54) is 0 Å². The Balaban J connectivity index is 1.35. The lowest BCUT2D eigenvalue weighted by molar-refractivity contribution is 0.592. The summed E-state index contributed by atoms with van der Waals surface area (Å²) in [7, 11) is -3.29. The molecule has 1 aliphatic rings. The van der Waals surface area contributed by atoms with Gasteiger partial charge in [-0.1, -0.05) is 12.1 Å². The Morgan fingerprint density at radius 1 is 1.06 bits per heavy atom. The largest absolute Gasteiger partial charge is 0.345 e. The predicted octanol–water partition coefficient (Wildman–Crippen LogP) is 4.20. The smallest absolute Gasteiger partial charge is 0.245 e. The highest BCUT2D eigenvalue weighted by Gasteiger charge is 2.29. The molecule has 0 amide bonds. The van der Waals surface area contributed by atoms with Gasteiger partial charge in [-0.2, -0.15) is 0 Å². The Morgan fingerprint density at radius 2 is 1.97 bits per heavy atom. The zero-order valence-corrected chi connectivity index (χ0v) is 17.9. The first-order valence-electron chi connectivity index (χ1n) is 10.4. The van der Waals surface area contributed by atoms with Gasteiger partial charge in [-0.05, 0) is 61.2 Å². The van der Waals surface area contributed by atoms with Crippen LogP contribution in [-0.2, 0) is 9.84 Å². The first-order valence-corrected chi connectivity index (χ1v) is 12.1. The average molecular weight is 445 g/mol. The molecule has 1 aliphatic carbocycles. The average Bonchev–Trinajstić information content (AvgIpc) is 3.31. The molecule has 0 unspecified atom stereocenters. The molecular formula is C23H20N6O2S. The van der Waals surface area contributed by atoms with Crippen LogP contribution >= 0.6 is 0 Å². The van der Waals surface area contributed by atoms with Gasteiger partial charge < -0.3 is 10.3 Å². The number of H-pyrrole nitrogens is 1. The van der Waals surface area contributed by atoms with Gasteiger partial charge in [-0.15, -0.1) is 5.10 Å². The zero-order valence-electron chi connectivity index (χ0n) is 17.1. The molecule has 5 aromatic rings. The van der Waals surface area contributed by atoms with Crippen LogP contribution in [0.1, 0.15) is 12.8 Å². The number of aromatic amines is 1. The van der Waals surface area contributed by atoms with Gasteiger partial charge in [0.05, 0.1) is 45.4 Å². The van der Waals surface area contributed by atoms with Crippen molar-refractivity contribution >= 4 is 38.0 Å². The number of nitrogens with zero attached hydrogens (tertiary/aromatic N) is 4. The van der Waals surface area contributed by atoms with E-state index in [9.17, 15) is 8.42 Å². The Morgan fingerprint density at radius 3 is 2.84 bits per heavy atom. The second kappa shape index (κ2) is 7.16. The summed E-state index contributed by atoms with van der Waals surface area (Å²) in [5.41, 5.74) is 5.06.